The van der Waals surface area contributed by atoms with E-state index in [0.29, 0.717) is 13.2 Å². The summed E-state index contributed by atoms with van der Waals surface area (Å²) in [5, 5.41) is 10.0. The van der Waals surface area contributed by atoms with Gasteiger partial charge in [-0.2, -0.15) is 4.98 Å². The lowest BCUT2D eigenvalue weighted by Gasteiger charge is -2.37. The van der Waals surface area contributed by atoms with Crippen molar-refractivity contribution in [3.8, 4) is 11.8 Å². The third-order valence-electron chi connectivity index (χ3n) is 3.79. The number of aromatic nitrogens is 2. The number of rotatable bonds is 5. The monoisotopic (exact) mass is 309 g/mol. The maximum absolute atomic E-state index is 12.6. The van der Waals surface area contributed by atoms with Gasteiger partial charge in [-0.05, 0) is 27.2 Å². The zero-order valence-corrected chi connectivity index (χ0v) is 13.5. The average molecular weight is 309 g/mol. The standard InChI is InChI=1S/C15H23N3O4/c1-5-6-7-22-15-16-13(20)12(19)11-14(21)17(9(2)3)8-10(4)18(11)15/h9-10,19H,5-8H2,1-4H3/t10-/m0/s1. The number of hydrogen-bond acceptors (Lipinski definition) is 5. The third kappa shape index (κ3) is 2.80. The smallest absolute Gasteiger partial charge is 0.318 e. The van der Waals surface area contributed by atoms with Crippen LogP contribution in [-0.4, -0.2) is 44.7 Å². The first-order valence-electron chi connectivity index (χ1n) is 7.67. The Labute approximate surface area is 129 Å². The van der Waals surface area contributed by atoms with Crippen molar-refractivity contribution in [3.05, 3.63) is 16.0 Å². The minimum absolute atomic E-state index is 0.0178. The zero-order valence-electron chi connectivity index (χ0n) is 13.5. The van der Waals surface area contributed by atoms with Crippen LogP contribution in [0.25, 0.3) is 0 Å². The second kappa shape index (κ2) is 6.37. The van der Waals surface area contributed by atoms with E-state index in [4.69, 9.17) is 4.74 Å². The van der Waals surface area contributed by atoms with Crippen molar-refractivity contribution >= 4 is 5.91 Å². The minimum Gasteiger partial charge on any atom is -0.501 e. The van der Waals surface area contributed by atoms with Crippen molar-refractivity contribution in [3.63, 3.8) is 0 Å². The Morgan fingerprint density at radius 2 is 2.09 bits per heavy atom. The fourth-order valence-electron chi connectivity index (χ4n) is 2.56. The first kappa shape index (κ1) is 16.3. The SMILES string of the molecule is CCCCOc1nc(=O)c(O)c2n1[C@@H](C)CN(C(C)C)C2=O. The summed E-state index contributed by atoms with van der Waals surface area (Å²) in [7, 11) is 0. The van der Waals surface area contributed by atoms with E-state index in [1.54, 1.807) is 4.90 Å². The number of aromatic hydroxyl groups is 1. The Hall–Kier alpha value is -2.05. The van der Waals surface area contributed by atoms with E-state index >= 15 is 0 Å². The molecule has 1 N–H and O–H groups in total. The van der Waals surface area contributed by atoms with Gasteiger partial charge < -0.3 is 14.7 Å². The molecule has 1 amide bonds. The van der Waals surface area contributed by atoms with Crippen LogP contribution in [0.5, 0.6) is 11.8 Å². The van der Waals surface area contributed by atoms with Gasteiger partial charge in [0.25, 0.3) is 5.91 Å². The van der Waals surface area contributed by atoms with Crippen LogP contribution in [0.15, 0.2) is 4.79 Å². The molecule has 2 rings (SSSR count). The highest BCUT2D eigenvalue weighted by Gasteiger charge is 2.36. The number of unbranched alkanes of at least 4 members (excludes halogenated alkanes) is 1. The van der Waals surface area contributed by atoms with Crippen LogP contribution in [-0.2, 0) is 0 Å². The van der Waals surface area contributed by atoms with Gasteiger partial charge in [0.2, 0.25) is 5.75 Å². The van der Waals surface area contributed by atoms with Crippen LogP contribution in [0.1, 0.15) is 57.1 Å². The molecule has 0 saturated carbocycles. The number of ether oxygens (including phenoxy) is 1. The average Bonchev–Trinajstić information content (AvgIpc) is 2.46. The van der Waals surface area contributed by atoms with Crippen molar-refractivity contribution in [2.24, 2.45) is 0 Å². The molecule has 0 unspecified atom stereocenters. The topological polar surface area (TPSA) is 84.7 Å². The fraction of sp³-hybridized carbons (Fsp3) is 0.667. The summed E-state index contributed by atoms with van der Waals surface area (Å²) in [4.78, 5) is 29.8. The van der Waals surface area contributed by atoms with Gasteiger partial charge in [-0.25, -0.2) is 0 Å². The molecule has 0 radical (unpaired) electrons. The molecule has 0 bridgehead atoms. The zero-order chi connectivity index (χ0) is 16.4. The summed E-state index contributed by atoms with van der Waals surface area (Å²) in [6.45, 7) is 8.63. The van der Waals surface area contributed by atoms with Gasteiger partial charge in [0.1, 0.15) is 0 Å². The predicted octanol–water partition coefficient (Wildman–Crippen LogP) is 1.55. The molecule has 7 heteroatoms. The van der Waals surface area contributed by atoms with Gasteiger partial charge in [0.15, 0.2) is 5.69 Å². The van der Waals surface area contributed by atoms with Crippen LogP contribution in [0.2, 0.25) is 0 Å². The van der Waals surface area contributed by atoms with Gasteiger partial charge in [-0.15, -0.1) is 0 Å². The molecule has 1 atom stereocenters. The first-order chi connectivity index (χ1) is 10.4. The minimum atomic E-state index is -0.830. The highest BCUT2D eigenvalue weighted by Crippen LogP contribution is 2.30. The van der Waals surface area contributed by atoms with E-state index in [-0.39, 0.29) is 29.7 Å². The molecule has 0 aliphatic carbocycles. The van der Waals surface area contributed by atoms with E-state index in [1.165, 1.54) is 4.57 Å². The number of amides is 1. The number of carbonyl (C=O) groups is 1. The van der Waals surface area contributed by atoms with Crippen molar-refractivity contribution in [1.29, 1.82) is 0 Å². The Balaban J connectivity index is 2.53. The molecule has 0 spiro atoms. The van der Waals surface area contributed by atoms with Gasteiger partial charge in [0.05, 0.1) is 12.6 Å². The molecule has 1 aromatic heterocycles. The van der Waals surface area contributed by atoms with Crippen LogP contribution < -0.4 is 10.3 Å². The lowest BCUT2D eigenvalue weighted by Crippen LogP contribution is -2.47. The lowest BCUT2D eigenvalue weighted by atomic mass is 10.1. The van der Waals surface area contributed by atoms with Crippen molar-refractivity contribution in [2.45, 2.75) is 52.6 Å². The number of fused-ring (bicyclic) bond motifs is 1. The Morgan fingerprint density at radius 3 is 2.68 bits per heavy atom. The fourth-order valence-corrected chi connectivity index (χ4v) is 2.56. The summed E-state index contributed by atoms with van der Waals surface area (Å²) in [5.74, 6) is -0.976. The second-order valence-electron chi connectivity index (χ2n) is 5.87. The van der Waals surface area contributed by atoms with Gasteiger partial charge in [-0.3, -0.25) is 14.2 Å². The van der Waals surface area contributed by atoms with Crippen LogP contribution >= 0.6 is 0 Å². The summed E-state index contributed by atoms with van der Waals surface area (Å²) in [6.07, 6.45) is 1.78. The molecular formula is C15H23N3O4. The first-order valence-corrected chi connectivity index (χ1v) is 7.67. The molecule has 1 aliphatic rings. The quantitative estimate of drug-likeness (QED) is 0.834. The summed E-state index contributed by atoms with van der Waals surface area (Å²) in [5.41, 5.74) is -0.858. The van der Waals surface area contributed by atoms with E-state index in [1.807, 2.05) is 27.7 Å². The number of carbonyl (C=O) groups excluding carboxylic acids is 1. The molecule has 2 heterocycles. The van der Waals surface area contributed by atoms with Gasteiger partial charge >= 0.3 is 11.6 Å². The van der Waals surface area contributed by atoms with Crippen molar-refractivity contribution < 1.29 is 14.6 Å². The normalized spacial score (nSPS) is 17.8. The maximum atomic E-state index is 12.6. The Kier molecular flexibility index (Phi) is 4.73. The molecular weight excluding hydrogens is 286 g/mol. The number of nitrogens with zero attached hydrogens (tertiary/aromatic N) is 3. The summed E-state index contributed by atoms with van der Waals surface area (Å²) < 4.78 is 7.10. The van der Waals surface area contributed by atoms with Crippen molar-refractivity contribution in [2.75, 3.05) is 13.2 Å². The second-order valence-corrected chi connectivity index (χ2v) is 5.87. The summed E-state index contributed by atoms with van der Waals surface area (Å²) >= 11 is 0. The molecule has 122 valence electrons. The lowest BCUT2D eigenvalue weighted by molar-refractivity contribution is 0.0591. The van der Waals surface area contributed by atoms with Crippen LogP contribution in [0.4, 0.5) is 0 Å². The Bertz CT molecular complexity index is 624. The molecule has 22 heavy (non-hydrogen) atoms. The molecule has 0 aromatic carbocycles. The number of hydrogen-bond donors (Lipinski definition) is 1. The third-order valence-corrected chi connectivity index (χ3v) is 3.79. The van der Waals surface area contributed by atoms with E-state index in [9.17, 15) is 14.7 Å². The molecule has 1 aromatic rings. The molecule has 0 saturated heterocycles. The molecule has 0 fully saturated rings. The van der Waals surface area contributed by atoms with E-state index < -0.39 is 11.3 Å². The largest absolute Gasteiger partial charge is 0.501 e. The van der Waals surface area contributed by atoms with E-state index in [2.05, 4.69) is 4.98 Å². The highest BCUT2D eigenvalue weighted by molar-refractivity contribution is 5.96. The van der Waals surface area contributed by atoms with Crippen LogP contribution in [0, 0.1) is 0 Å². The van der Waals surface area contributed by atoms with Gasteiger partial charge in [0, 0.05) is 12.6 Å². The Morgan fingerprint density at radius 1 is 1.41 bits per heavy atom. The maximum Gasteiger partial charge on any atom is 0.318 e. The van der Waals surface area contributed by atoms with Crippen molar-refractivity contribution in [1.82, 2.24) is 14.5 Å². The van der Waals surface area contributed by atoms with E-state index in [0.717, 1.165) is 12.8 Å². The van der Waals surface area contributed by atoms with Gasteiger partial charge in [-0.1, -0.05) is 13.3 Å². The van der Waals surface area contributed by atoms with Crippen LogP contribution in [0.3, 0.4) is 0 Å². The predicted molar refractivity (Wildman–Crippen MR) is 81.4 cm³/mol. The highest BCUT2D eigenvalue weighted by atomic mass is 16.5. The summed E-state index contributed by atoms with van der Waals surface area (Å²) in [6, 6.07) is -0.0444. The molecule has 7 nitrogen and oxygen atoms in total. The molecule has 1 aliphatic heterocycles.